The van der Waals surface area contributed by atoms with Crippen molar-refractivity contribution in [3.63, 3.8) is 0 Å². The van der Waals surface area contributed by atoms with Gasteiger partial charge in [-0.05, 0) is 48.0 Å². The van der Waals surface area contributed by atoms with E-state index in [1.165, 1.54) is 6.08 Å². The summed E-state index contributed by atoms with van der Waals surface area (Å²) in [4.78, 5) is 26.6. The number of nitrogens with zero attached hydrogens (tertiary/aromatic N) is 1. The molecule has 0 aliphatic carbocycles. The molecule has 3 nitrogen and oxygen atoms in total. The molecule has 0 unspecified atom stereocenters. The number of aldehydes is 1. The van der Waals surface area contributed by atoms with E-state index in [-0.39, 0.29) is 31.2 Å². The minimum atomic E-state index is -0.517. The number of hydrogen-bond donors (Lipinski definition) is 0. The minimum Gasteiger partial charge on any atom is -0.311 e. The van der Waals surface area contributed by atoms with Crippen LogP contribution in [0.3, 0.4) is 0 Å². The summed E-state index contributed by atoms with van der Waals surface area (Å²) in [5, 5.41) is -0.376. The zero-order chi connectivity index (χ0) is 24.9. The molecule has 0 atom stereocenters. The van der Waals surface area contributed by atoms with Gasteiger partial charge in [0.1, 0.15) is 0 Å². The summed E-state index contributed by atoms with van der Waals surface area (Å²) in [5.74, 6) is -0.517. The summed E-state index contributed by atoms with van der Waals surface area (Å²) < 4.78 is 0. The van der Waals surface area contributed by atoms with Gasteiger partial charge >= 0.3 is 0 Å². The molecule has 7 heteroatoms. The van der Waals surface area contributed by atoms with Crippen LogP contribution in [0.5, 0.6) is 0 Å². The lowest BCUT2D eigenvalue weighted by Gasteiger charge is -2.25. The monoisotopic (exact) mass is 539 g/mol. The molecule has 0 aliphatic heterocycles. The maximum absolute atomic E-state index is 12.9. The Kier molecular flexibility index (Phi) is 7.94. The Balaban J connectivity index is 1.64. The molecule has 4 rings (SSSR count). The first-order valence-electron chi connectivity index (χ1n) is 10.5. The zero-order valence-electron chi connectivity index (χ0n) is 18.1. The number of rotatable bonds is 7. The molecule has 35 heavy (non-hydrogen) atoms. The first-order chi connectivity index (χ1) is 16.9. The van der Waals surface area contributed by atoms with Crippen molar-refractivity contribution in [1.29, 1.82) is 0 Å². The van der Waals surface area contributed by atoms with E-state index in [1.807, 2.05) is 84.9 Å². The van der Waals surface area contributed by atoms with Gasteiger partial charge in [-0.1, -0.05) is 101 Å². The summed E-state index contributed by atoms with van der Waals surface area (Å²) in [6.07, 6.45) is 3.38. The van der Waals surface area contributed by atoms with Crippen molar-refractivity contribution in [2.75, 3.05) is 4.90 Å². The van der Waals surface area contributed by atoms with Crippen LogP contribution >= 0.6 is 46.4 Å². The van der Waals surface area contributed by atoms with Crippen LogP contribution in [0.25, 0.3) is 6.08 Å². The highest BCUT2D eigenvalue weighted by Crippen LogP contribution is 2.41. The molecule has 0 amide bonds. The van der Waals surface area contributed by atoms with Gasteiger partial charge in [-0.2, -0.15) is 0 Å². The van der Waals surface area contributed by atoms with Crippen molar-refractivity contribution in [2.24, 2.45) is 0 Å². The van der Waals surface area contributed by atoms with Crippen molar-refractivity contribution in [1.82, 2.24) is 0 Å². The van der Waals surface area contributed by atoms with E-state index in [2.05, 4.69) is 4.90 Å². The summed E-state index contributed by atoms with van der Waals surface area (Å²) in [6, 6.07) is 27.8. The maximum Gasteiger partial charge on any atom is 0.188 e. The number of halogens is 4. The van der Waals surface area contributed by atoms with Gasteiger partial charge in [0, 0.05) is 22.6 Å². The third-order valence-electron chi connectivity index (χ3n) is 5.27. The first kappa shape index (κ1) is 25.0. The maximum atomic E-state index is 12.9. The number of benzene rings is 4. The molecule has 0 spiro atoms. The van der Waals surface area contributed by atoms with Crippen molar-refractivity contribution >= 4 is 81.6 Å². The lowest BCUT2D eigenvalue weighted by atomic mass is 10.0. The Morgan fingerprint density at radius 2 is 1.11 bits per heavy atom. The Morgan fingerprint density at radius 1 is 0.629 bits per heavy atom. The van der Waals surface area contributed by atoms with Crippen LogP contribution in [0.15, 0.2) is 91.0 Å². The van der Waals surface area contributed by atoms with E-state index in [0.717, 1.165) is 22.6 Å². The van der Waals surface area contributed by atoms with Gasteiger partial charge in [0.25, 0.3) is 0 Å². The minimum absolute atomic E-state index is 0.0714. The van der Waals surface area contributed by atoms with Crippen LogP contribution in [0.2, 0.25) is 20.1 Å². The largest absolute Gasteiger partial charge is 0.311 e. The number of carbonyl (C=O) groups excluding carboxylic acids is 2. The highest BCUT2D eigenvalue weighted by Gasteiger charge is 2.23. The average molecular weight is 541 g/mol. The van der Waals surface area contributed by atoms with Crippen LogP contribution in [0, 0.1) is 0 Å². The fourth-order valence-corrected chi connectivity index (χ4v) is 4.60. The van der Waals surface area contributed by atoms with Gasteiger partial charge in [-0.3, -0.25) is 9.59 Å². The van der Waals surface area contributed by atoms with Gasteiger partial charge in [-0.15, -0.1) is 0 Å². The lowest BCUT2D eigenvalue weighted by Crippen LogP contribution is -2.09. The van der Waals surface area contributed by atoms with Crippen LogP contribution in [0.1, 0.15) is 26.3 Å². The summed E-state index contributed by atoms with van der Waals surface area (Å²) in [5.41, 5.74) is 3.58. The standard InChI is InChI=1S/C28H17Cl4NO2/c29-25-22(17-34)24(26(30)28(32)27(25)31)23(35)16-13-18-11-14-21(15-12-18)33(19-7-3-1-4-8-19)20-9-5-2-6-10-20/h1-17H/b16-13-. The van der Waals surface area contributed by atoms with Crippen molar-refractivity contribution in [3.05, 3.63) is 128 Å². The second-order valence-electron chi connectivity index (χ2n) is 7.46. The summed E-state index contributed by atoms with van der Waals surface area (Å²) in [7, 11) is 0. The van der Waals surface area contributed by atoms with Crippen LogP contribution in [-0.2, 0) is 0 Å². The number of allylic oxidation sites excluding steroid dienone is 1. The fourth-order valence-electron chi connectivity index (χ4n) is 3.59. The summed E-state index contributed by atoms with van der Waals surface area (Å²) in [6.45, 7) is 0. The second kappa shape index (κ2) is 11.1. The van der Waals surface area contributed by atoms with E-state index >= 15 is 0 Å². The van der Waals surface area contributed by atoms with E-state index in [4.69, 9.17) is 46.4 Å². The van der Waals surface area contributed by atoms with Gasteiger partial charge in [0.15, 0.2) is 12.1 Å². The van der Waals surface area contributed by atoms with Crippen molar-refractivity contribution in [2.45, 2.75) is 0 Å². The molecule has 4 aromatic carbocycles. The van der Waals surface area contributed by atoms with Gasteiger partial charge in [-0.25, -0.2) is 0 Å². The molecule has 0 radical (unpaired) electrons. The molecule has 0 aliphatic rings. The molecule has 0 bridgehead atoms. The summed E-state index contributed by atoms with van der Waals surface area (Å²) >= 11 is 24.4. The molecular weight excluding hydrogens is 524 g/mol. The van der Waals surface area contributed by atoms with E-state index < -0.39 is 5.78 Å². The predicted octanol–water partition coefficient (Wildman–Crippen LogP) is 9.48. The van der Waals surface area contributed by atoms with Crippen LogP contribution < -0.4 is 4.90 Å². The Bertz CT molecular complexity index is 1360. The van der Waals surface area contributed by atoms with Crippen LogP contribution in [-0.4, -0.2) is 12.1 Å². The number of ketones is 1. The fraction of sp³-hybridized carbons (Fsp3) is 0. The quantitative estimate of drug-likeness (QED) is 0.0769. The predicted molar refractivity (Wildman–Crippen MR) is 146 cm³/mol. The molecule has 0 saturated carbocycles. The average Bonchev–Trinajstić information content (AvgIpc) is 2.90. The first-order valence-corrected chi connectivity index (χ1v) is 12.0. The molecule has 0 N–H and O–H groups in total. The third kappa shape index (κ3) is 5.29. The Labute approximate surface area is 223 Å². The molecular formula is C28H17Cl4NO2. The zero-order valence-corrected chi connectivity index (χ0v) is 21.1. The van der Waals surface area contributed by atoms with Crippen LogP contribution in [0.4, 0.5) is 17.1 Å². The second-order valence-corrected chi connectivity index (χ2v) is 8.97. The molecule has 0 heterocycles. The number of anilines is 3. The number of para-hydroxylation sites is 2. The van der Waals surface area contributed by atoms with Gasteiger partial charge in [0.05, 0.1) is 25.7 Å². The van der Waals surface area contributed by atoms with E-state index in [1.54, 1.807) is 6.08 Å². The van der Waals surface area contributed by atoms with E-state index in [9.17, 15) is 9.59 Å². The highest BCUT2D eigenvalue weighted by atomic mass is 35.5. The Morgan fingerprint density at radius 3 is 1.63 bits per heavy atom. The molecule has 4 aromatic rings. The number of carbonyl (C=O) groups is 2. The van der Waals surface area contributed by atoms with Gasteiger partial charge < -0.3 is 4.90 Å². The van der Waals surface area contributed by atoms with Gasteiger partial charge in [0.2, 0.25) is 0 Å². The number of hydrogen-bond acceptors (Lipinski definition) is 3. The normalized spacial score (nSPS) is 11.0. The van der Waals surface area contributed by atoms with Crippen molar-refractivity contribution in [3.8, 4) is 0 Å². The third-order valence-corrected chi connectivity index (χ3v) is 7.09. The smallest absolute Gasteiger partial charge is 0.188 e. The SMILES string of the molecule is O=Cc1c(Cl)c(Cl)c(Cl)c(Cl)c1C(=O)/C=C\c1ccc(N(c2ccccc2)c2ccccc2)cc1. The molecule has 0 fully saturated rings. The molecule has 174 valence electrons. The molecule has 0 saturated heterocycles. The van der Waals surface area contributed by atoms with E-state index in [0.29, 0.717) is 6.29 Å². The lowest BCUT2D eigenvalue weighted by molar-refractivity contribution is 0.103. The van der Waals surface area contributed by atoms with Crippen molar-refractivity contribution < 1.29 is 9.59 Å². The molecule has 0 aromatic heterocycles. The topological polar surface area (TPSA) is 37.4 Å². The highest BCUT2D eigenvalue weighted by molar-refractivity contribution is 6.54. The Hall–Kier alpha value is -3.08.